The molecule has 10 N–H and O–H groups in total. The van der Waals surface area contributed by atoms with Crippen LogP contribution in [0.1, 0.15) is 12.6 Å². The number of carbonyl (C=O) groups is 1. The number of rotatable bonds is 11. The topological polar surface area (TPSA) is 318 Å². The Morgan fingerprint density at radius 1 is 0.955 bits per heavy atom. The lowest BCUT2D eigenvalue weighted by Gasteiger charge is -2.28. The van der Waals surface area contributed by atoms with Crippen molar-refractivity contribution in [3.8, 4) is 0 Å². The van der Waals surface area contributed by atoms with Gasteiger partial charge in [0.05, 0.1) is 19.5 Å². The largest absolute Gasteiger partial charge is 0.481 e. The Balaban J connectivity index is 1.15. The highest BCUT2D eigenvalue weighted by atomic mass is 31.3. The lowest BCUT2D eigenvalue weighted by atomic mass is 10.1. The maximum Gasteiger partial charge on any atom is 0.481 e. The Morgan fingerprint density at radius 3 is 2.16 bits per heavy atom. The molecule has 0 radical (unpaired) electrons. The second-order valence-electron chi connectivity index (χ2n) is 9.84. The van der Waals surface area contributed by atoms with Crippen molar-refractivity contribution in [2.45, 2.75) is 55.5 Å². The van der Waals surface area contributed by atoms with Crippen molar-refractivity contribution in [2.75, 3.05) is 18.9 Å². The molecule has 0 bridgehead atoms. The van der Waals surface area contributed by atoms with Crippen LogP contribution in [0.3, 0.4) is 0 Å². The van der Waals surface area contributed by atoms with E-state index in [1.165, 1.54) is 28.2 Å². The van der Waals surface area contributed by atoms with Gasteiger partial charge in [0, 0.05) is 18.0 Å². The monoisotopic (exact) mass is 665 g/mol. The number of ether oxygens (including phenoxy) is 2. The molecule has 2 fully saturated rings. The standard InChI is InChI=1S/C21H29N7O14P2/c22-17-12-19(25-7-24-17)28(8-26-12)21-16(32)14(30)11(41-21)6-39-44(36,37)42-43(34,35)38-5-10-13(29)15(31)20(40-10)27-3-1-2-9(4-27)18(23)33/h1,3-4,7-8,10-11,13-16,20-21,29-32H,2,5-6H2,(H2,23,33)(H,34,35)(H,36,37)(H2,22,24,25)/t10-,11+,13-,14+,15-,16+,20+,21+/m1/s1. The summed E-state index contributed by atoms with van der Waals surface area (Å²) in [5, 5.41) is 41.6. The molecule has 2 saturated heterocycles. The third-order valence-corrected chi connectivity index (χ3v) is 9.48. The average Bonchev–Trinajstić information content (AvgIpc) is 3.61. The fraction of sp³-hybridized carbons (Fsp3) is 0.524. The summed E-state index contributed by atoms with van der Waals surface area (Å²) < 4.78 is 50.8. The van der Waals surface area contributed by atoms with Crippen molar-refractivity contribution in [2.24, 2.45) is 5.73 Å². The van der Waals surface area contributed by atoms with E-state index in [-0.39, 0.29) is 29.0 Å². The van der Waals surface area contributed by atoms with E-state index in [0.29, 0.717) is 0 Å². The summed E-state index contributed by atoms with van der Waals surface area (Å²) in [5.74, 6) is -0.658. The summed E-state index contributed by atoms with van der Waals surface area (Å²) in [5.41, 5.74) is 11.6. The quantitative estimate of drug-likeness (QED) is 0.113. The third-order valence-electron chi connectivity index (χ3n) is 6.88. The number of fused-ring (bicyclic) bond motifs is 1. The predicted octanol–water partition coefficient (Wildman–Crippen LogP) is -2.69. The number of aliphatic hydroxyl groups excluding tert-OH is 4. The summed E-state index contributed by atoms with van der Waals surface area (Å²) in [6.07, 6.45) is -4.88. The first kappa shape index (κ1) is 32.5. The van der Waals surface area contributed by atoms with Gasteiger partial charge in [-0.05, 0) is 6.42 Å². The summed E-state index contributed by atoms with van der Waals surface area (Å²) in [4.78, 5) is 44.6. The molecule has 21 nitrogen and oxygen atoms in total. The maximum absolute atomic E-state index is 12.4. The smallest absolute Gasteiger partial charge is 0.387 e. The van der Waals surface area contributed by atoms with Crippen molar-refractivity contribution >= 4 is 38.5 Å². The van der Waals surface area contributed by atoms with Crippen LogP contribution in [0, 0.1) is 0 Å². The van der Waals surface area contributed by atoms with E-state index in [2.05, 4.69) is 19.3 Å². The van der Waals surface area contributed by atoms with E-state index in [0.717, 1.165) is 6.33 Å². The number of imidazole rings is 1. The van der Waals surface area contributed by atoms with Crippen LogP contribution in [0.15, 0.2) is 36.7 Å². The van der Waals surface area contributed by atoms with Crippen LogP contribution in [0.4, 0.5) is 5.82 Å². The first-order valence-electron chi connectivity index (χ1n) is 12.7. The lowest BCUT2D eigenvalue weighted by molar-refractivity contribution is -0.115. The van der Waals surface area contributed by atoms with Crippen LogP contribution in [0.5, 0.6) is 0 Å². The van der Waals surface area contributed by atoms with Crippen molar-refractivity contribution in [1.82, 2.24) is 24.4 Å². The van der Waals surface area contributed by atoms with Crippen molar-refractivity contribution < 1.29 is 67.0 Å². The number of primary amides is 1. The number of nitrogens with zero attached hydrogens (tertiary/aromatic N) is 5. The maximum atomic E-state index is 12.4. The molecule has 23 heteroatoms. The van der Waals surface area contributed by atoms with E-state index < -0.39 is 83.8 Å². The van der Waals surface area contributed by atoms with Gasteiger partial charge in [0.2, 0.25) is 5.91 Å². The van der Waals surface area contributed by atoms with Gasteiger partial charge in [-0.15, -0.1) is 0 Å². The zero-order valence-corrected chi connectivity index (χ0v) is 24.2. The van der Waals surface area contributed by atoms with Gasteiger partial charge in [0.1, 0.15) is 48.5 Å². The van der Waals surface area contributed by atoms with E-state index >= 15 is 0 Å². The van der Waals surface area contributed by atoms with Gasteiger partial charge in [-0.1, -0.05) is 6.08 Å². The minimum atomic E-state index is -5.37. The number of aliphatic hydroxyl groups is 4. The number of hydrogen-bond acceptors (Lipinski definition) is 17. The molecule has 2 aromatic rings. The molecule has 3 aliphatic rings. The Labute approximate surface area is 247 Å². The molecule has 2 unspecified atom stereocenters. The van der Waals surface area contributed by atoms with E-state index in [1.807, 2.05) is 0 Å². The van der Waals surface area contributed by atoms with E-state index in [9.17, 15) is 44.1 Å². The number of nitrogen functional groups attached to an aromatic ring is 1. The molecule has 1 amide bonds. The number of allylic oxidation sites excluding steroid dienone is 1. The normalized spacial score (nSPS) is 33.3. The molecule has 5 heterocycles. The SMILES string of the molecule is NC(=O)C1=CN([C@H]2O[C@H](COP(=O)(O)OP(=O)(O)OC[C@@H]3O[C@H](n4cnc5c(N)ncnc54)[C@@H](O)[C@H]3O)[C@@H](O)[C@H]2O)C=CC1. The number of aromatic nitrogens is 4. The molecular formula is C21H29N7O14P2. The van der Waals surface area contributed by atoms with Crippen molar-refractivity contribution in [1.29, 1.82) is 0 Å². The highest BCUT2D eigenvalue weighted by Crippen LogP contribution is 2.60. The zero-order chi connectivity index (χ0) is 32.0. The zero-order valence-electron chi connectivity index (χ0n) is 22.4. The number of nitrogens with two attached hydrogens (primary N) is 2. The van der Waals surface area contributed by atoms with E-state index in [1.54, 1.807) is 6.08 Å². The average molecular weight is 665 g/mol. The number of anilines is 1. The van der Waals surface area contributed by atoms with Crippen LogP contribution >= 0.6 is 15.6 Å². The third kappa shape index (κ3) is 6.70. The molecule has 242 valence electrons. The number of phosphoric acid groups is 2. The van der Waals surface area contributed by atoms with Crippen LogP contribution in [0.2, 0.25) is 0 Å². The molecule has 0 saturated carbocycles. The first-order valence-corrected chi connectivity index (χ1v) is 15.7. The van der Waals surface area contributed by atoms with Gasteiger partial charge in [-0.2, -0.15) is 4.31 Å². The molecule has 0 spiro atoms. The predicted molar refractivity (Wildman–Crippen MR) is 142 cm³/mol. The van der Waals surface area contributed by atoms with Crippen LogP contribution < -0.4 is 11.5 Å². The number of phosphoric ester groups is 2. The van der Waals surface area contributed by atoms with E-state index in [4.69, 9.17) is 30.0 Å². The number of hydrogen-bond donors (Lipinski definition) is 8. The minimum Gasteiger partial charge on any atom is -0.387 e. The summed E-state index contributed by atoms with van der Waals surface area (Å²) >= 11 is 0. The number of amides is 1. The van der Waals surface area contributed by atoms with Crippen LogP contribution in [-0.4, -0.2) is 117 Å². The Morgan fingerprint density at radius 2 is 1.55 bits per heavy atom. The van der Waals surface area contributed by atoms with Gasteiger partial charge >= 0.3 is 15.6 Å². The Bertz CT molecular complexity index is 1560. The molecule has 44 heavy (non-hydrogen) atoms. The summed E-state index contributed by atoms with van der Waals surface area (Å²) in [6.45, 7) is -1.79. The summed E-state index contributed by atoms with van der Waals surface area (Å²) in [7, 11) is -10.7. The molecule has 5 rings (SSSR count). The Kier molecular flexibility index (Phi) is 9.23. The van der Waals surface area contributed by atoms with Crippen molar-refractivity contribution in [3.05, 3.63) is 36.7 Å². The fourth-order valence-electron chi connectivity index (χ4n) is 4.68. The molecule has 0 aliphatic carbocycles. The minimum absolute atomic E-state index is 0.0517. The lowest BCUT2D eigenvalue weighted by Crippen LogP contribution is -2.40. The molecule has 3 aliphatic heterocycles. The van der Waals surface area contributed by atoms with Gasteiger partial charge in [0.25, 0.3) is 0 Å². The highest BCUT2D eigenvalue weighted by Gasteiger charge is 2.48. The molecule has 0 aromatic carbocycles. The van der Waals surface area contributed by atoms with Crippen LogP contribution in [-0.2, 0) is 36.8 Å². The molecular weight excluding hydrogens is 636 g/mol. The fourth-order valence-corrected chi connectivity index (χ4v) is 6.77. The molecule has 2 aromatic heterocycles. The van der Waals surface area contributed by atoms with Gasteiger partial charge < -0.3 is 56.1 Å². The second-order valence-corrected chi connectivity index (χ2v) is 12.9. The second kappa shape index (κ2) is 12.5. The molecule has 10 atom stereocenters. The summed E-state index contributed by atoms with van der Waals surface area (Å²) in [6, 6.07) is 0. The van der Waals surface area contributed by atoms with Gasteiger partial charge in [0.15, 0.2) is 23.9 Å². The van der Waals surface area contributed by atoms with Crippen molar-refractivity contribution in [3.63, 3.8) is 0 Å². The van der Waals surface area contributed by atoms with Crippen LogP contribution in [0.25, 0.3) is 11.2 Å². The first-order chi connectivity index (χ1) is 20.7. The van der Waals surface area contributed by atoms with Gasteiger partial charge in [-0.3, -0.25) is 18.4 Å². The number of carbonyl (C=O) groups excluding carboxylic acids is 1. The highest BCUT2D eigenvalue weighted by molar-refractivity contribution is 7.61. The van der Waals surface area contributed by atoms with Gasteiger partial charge in [-0.25, -0.2) is 24.1 Å². The Hall–Kier alpha value is -2.88.